The summed E-state index contributed by atoms with van der Waals surface area (Å²) >= 11 is 0. The van der Waals surface area contributed by atoms with Crippen LogP contribution in [0.25, 0.3) is 0 Å². The molecule has 12 heavy (non-hydrogen) atoms. The molecule has 0 aliphatic rings. The Balaban J connectivity index is 4.13. The SMILES string of the molecule is CCC(C)[C@H](CC)N(C)C(C)C. The predicted molar refractivity (Wildman–Crippen MR) is 56.4 cm³/mol. The molecule has 0 saturated carbocycles. The largest absolute Gasteiger partial charge is 0.301 e. The summed E-state index contributed by atoms with van der Waals surface area (Å²) in [6, 6.07) is 1.43. The maximum atomic E-state index is 2.49. The van der Waals surface area contributed by atoms with Crippen molar-refractivity contribution in [1.82, 2.24) is 4.90 Å². The Hall–Kier alpha value is -0.0400. The van der Waals surface area contributed by atoms with Crippen LogP contribution in [-0.4, -0.2) is 24.0 Å². The molecule has 0 saturated heterocycles. The van der Waals surface area contributed by atoms with Crippen LogP contribution in [0.3, 0.4) is 0 Å². The monoisotopic (exact) mass is 171 g/mol. The van der Waals surface area contributed by atoms with Gasteiger partial charge in [0.05, 0.1) is 0 Å². The van der Waals surface area contributed by atoms with Crippen LogP contribution in [0.5, 0.6) is 0 Å². The van der Waals surface area contributed by atoms with Gasteiger partial charge in [0.1, 0.15) is 0 Å². The zero-order valence-corrected chi connectivity index (χ0v) is 9.59. The van der Waals surface area contributed by atoms with Crippen LogP contribution in [0.4, 0.5) is 0 Å². The number of hydrogen-bond acceptors (Lipinski definition) is 1. The molecule has 0 spiro atoms. The van der Waals surface area contributed by atoms with Crippen LogP contribution in [-0.2, 0) is 0 Å². The van der Waals surface area contributed by atoms with Gasteiger partial charge in [-0.2, -0.15) is 0 Å². The molecule has 2 atom stereocenters. The summed E-state index contributed by atoms with van der Waals surface area (Å²) in [6.07, 6.45) is 2.55. The van der Waals surface area contributed by atoms with Gasteiger partial charge in [0, 0.05) is 12.1 Å². The Bertz CT molecular complexity index is 110. The Labute approximate surface area is 78.1 Å². The lowest BCUT2D eigenvalue weighted by atomic mass is 9.95. The van der Waals surface area contributed by atoms with Crippen molar-refractivity contribution >= 4 is 0 Å². The van der Waals surface area contributed by atoms with Gasteiger partial charge in [0.2, 0.25) is 0 Å². The highest BCUT2D eigenvalue weighted by molar-refractivity contribution is 4.74. The molecule has 0 aromatic carbocycles. The highest BCUT2D eigenvalue weighted by atomic mass is 15.1. The number of nitrogens with zero attached hydrogens (tertiary/aromatic N) is 1. The normalized spacial score (nSPS) is 17.0. The molecule has 0 N–H and O–H groups in total. The first kappa shape index (κ1) is 12.0. The van der Waals surface area contributed by atoms with E-state index in [1.807, 2.05) is 0 Å². The van der Waals surface area contributed by atoms with Crippen molar-refractivity contribution in [2.24, 2.45) is 5.92 Å². The fourth-order valence-corrected chi connectivity index (χ4v) is 1.75. The van der Waals surface area contributed by atoms with Crippen molar-refractivity contribution in [2.75, 3.05) is 7.05 Å². The minimum Gasteiger partial charge on any atom is -0.301 e. The van der Waals surface area contributed by atoms with E-state index in [4.69, 9.17) is 0 Å². The van der Waals surface area contributed by atoms with Crippen molar-refractivity contribution in [3.8, 4) is 0 Å². The van der Waals surface area contributed by atoms with Crippen LogP contribution in [0, 0.1) is 5.92 Å². The third kappa shape index (κ3) is 3.14. The third-order valence-corrected chi connectivity index (χ3v) is 3.06. The summed E-state index contributed by atoms with van der Waals surface area (Å²) in [5.41, 5.74) is 0. The van der Waals surface area contributed by atoms with E-state index >= 15 is 0 Å². The zero-order valence-electron chi connectivity index (χ0n) is 9.59. The minimum absolute atomic E-state index is 0.670. The Kier molecular flexibility index (Phi) is 5.56. The third-order valence-electron chi connectivity index (χ3n) is 3.06. The molecule has 0 aromatic heterocycles. The van der Waals surface area contributed by atoms with Crippen molar-refractivity contribution in [3.63, 3.8) is 0 Å². The number of hydrogen-bond donors (Lipinski definition) is 0. The van der Waals surface area contributed by atoms with E-state index in [0.29, 0.717) is 6.04 Å². The molecule has 1 heteroatoms. The maximum absolute atomic E-state index is 2.49. The summed E-state index contributed by atoms with van der Waals surface area (Å²) in [5.74, 6) is 0.822. The van der Waals surface area contributed by atoms with E-state index in [1.54, 1.807) is 0 Å². The van der Waals surface area contributed by atoms with E-state index in [-0.39, 0.29) is 0 Å². The summed E-state index contributed by atoms with van der Waals surface area (Å²) in [6.45, 7) is 11.5. The number of rotatable bonds is 5. The Morgan fingerprint density at radius 2 is 1.50 bits per heavy atom. The molecule has 0 aliphatic carbocycles. The first-order chi connectivity index (χ1) is 5.54. The van der Waals surface area contributed by atoms with Crippen LogP contribution in [0.15, 0.2) is 0 Å². The molecule has 0 rings (SSSR count). The van der Waals surface area contributed by atoms with Gasteiger partial charge < -0.3 is 4.90 Å². The molecule has 0 aliphatic heterocycles. The molecule has 74 valence electrons. The van der Waals surface area contributed by atoms with E-state index in [9.17, 15) is 0 Å². The first-order valence-corrected chi connectivity index (χ1v) is 5.26. The molecular weight excluding hydrogens is 146 g/mol. The Morgan fingerprint density at radius 1 is 1.00 bits per heavy atom. The summed E-state index contributed by atoms with van der Waals surface area (Å²) in [4.78, 5) is 2.49. The molecule has 0 amide bonds. The van der Waals surface area contributed by atoms with Crippen molar-refractivity contribution in [2.45, 2.75) is 59.5 Å². The van der Waals surface area contributed by atoms with Gasteiger partial charge in [0.15, 0.2) is 0 Å². The lowest BCUT2D eigenvalue weighted by Gasteiger charge is -2.34. The van der Waals surface area contributed by atoms with Gasteiger partial charge in [-0.05, 0) is 33.2 Å². The van der Waals surface area contributed by atoms with E-state index < -0.39 is 0 Å². The molecule has 0 radical (unpaired) electrons. The summed E-state index contributed by atoms with van der Waals surface area (Å²) in [7, 11) is 2.24. The quantitative estimate of drug-likeness (QED) is 0.614. The minimum atomic E-state index is 0.670. The van der Waals surface area contributed by atoms with Crippen LogP contribution in [0.1, 0.15) is 47.5 Å². The second kappa shape index (κ2) is 5.58. The standard InChI is InChI=1S/C11H25N/c1-7-10(5)11(8-2)12(6)9(3)4/h9-11H,7-8H2,1-6H3/t10?,11-/m0/s1. The zero-order chi connectivity index (χ0) is 9.72. The van der Waals surface area contributed by atoms with E-state index in [2.05, 4.69) is 46.6 Å². The van der Waals surface area contributed by atoms with Gasteiger partial charge in [-0.15, -0.1) is 0 Å². The fourth-order valence-electron chi connectivity index (χ4n) is 1.75. The fraction of sp³-hybridized carbons (Fsp3) is 1.00. The smallest absolute Gasteiger partial charge is 0.0118 e. The van der Waals surface area contributed by atoms with Gasteiger partial charge in [-0.3, -0.25) is 0 Å². The van der Waals surface area contributed by atoms with Gasteiger partial charge in [-0.1, -0.05) is 27.2 Å². The second-order valence-corrected chi connectivity index (χ2v) is 4.12. The summed E-state index contributed by atoms with van der Waals surface area (Å²) < 4.78 is 0. The van der Waals surface area contributed by atoms with Crippen molar-refractivity contribution < 1.29 is 0 Å². The van der Waals surface area contributed by atoms with Gasteiger partial charge in [-0.25, -0.2) is 0 Å². The molecule has 0 bridgehead atoms. The maximum Gasteiger partial charge on any atom is 0.0118 e. The topological polar surface area (TPSA) is 3.24 Å². The van der Waals surface area contributed by atoms with Crippen molar-refractivity contribution in [3.05, 3.63) is 0 Å². The lowest BCUT2D eigenvalue weighted by Crippen LogP contribution is -2.40. The lowest BCUT2D eigenvalue weighted by molar-refractivity contribution is 0.139. The molecule has 0 heterocycles. The first-order valence-electron chi connectivity index (χ1n) is 5.26. The van der Waals surface area contributed by atoms with Gasteiger partial charge in [0.25, 0.3) is 0 Å². The van der Waals surface area contributed by atoms with Crippen molar-refractivity contribution in [1.29, 1.82) is 0 Å². The second-order valence-electron chi connectivity index (χ2n) is 4.12. The van der Waals surface area contributed by atoms with Crippen LogP contribution < -0.4 is 0 Å². The molecule has 0 aromatic rings. The van der Waals surface area contributed by atoms with Gasteiger partial charge >= 0.3 is 0 Å². The highest BCUT2D eigenvalue weighted by Gasteiger charge is 2.19. The van der Waals surface area contributed by atoms with E-state index in [1.165, 1.54) is 12.8 Å². The molecular formula is C11H25N. The molecule has 0 fully saturated rings. The average molecular weight is 171 g/mol. The highest BCUT2D eigenvalue weighted by Crippen LogP contribution is 2.18. The Morgan fingerprint density at radius 3 is 1.75 bits per heavy atom. The summed E-state index contributed by atoms with van der Waals surface area (Å²) in [5, 5.41) is 0. The van der Waals surface area contributed by atoms with Crippen LogP contribution >= 0.6 is 0 Å². The molecule has 1 unspecified atom stereocenters. The van der Waals surface area contributed by atoms with E-state index in [0.717, 1.165) is 12.0 Å². The predicted octanol–water partition coefficient (Wildman–Crippen LogP) is 3.15. The molecule has 1 nitrogen and oxygen atoms in total. The van der Waals surface area contributed by atoms with Crippen LogP contribution in [0.2, 0.25) is 0 Å². The average Bonchev–Trinajstić information content (AvgIpc) is 2.05.